The topological polar surface area (TPSA) is 95.1 Å². The molecule has 1 rings (SSSR count). The van der Waals surface area contributed by atoms with Crippen LogP contribution in [0.25, 0.3) is 0 Å². The lowest BCUT2D eigenvalue weighted by Crippen LogP contribution is -2.16. The van der Waals surface area contributed by atoms with Crippen LogP contribution in [0, 0.1) is 0 Å². The number of ether oxygens (including phenoxy) is 1. The summed E-state index contributed by atoms with van der Waals surface area (Å²) in [6.07, 6.45) is 1.47. The third-order valence-corrected chi connectivity index (χ3v) is 2.13. The van der Waals surface area contributed by atoms with Gasteiger partial charge in [-0.1, -0.05) is 0 Å². The predicted molar refractivity (Wildman–Crippen MR) is 53.4 cm³/mol. The van der Waals surface area contributed by atoms with E-state index >= 15 is 0 Å². The largest absolute Gasteiger partial charge is 0.512 e. The average molecular weight is 216 g/mol. The van der Waals surface area contributed by atoms with E-state index in [0.29, 0.717) is 25.9 Å². The van der Waals surface area contributed by atoms with Crippen LogP contribution in [-0.4, -0.2) is 28.9 Å². The standard InChI is InChI=1S/C10H14O4.H2O/c1-2-14-10(13)6-7-8(11)4-3-5-9(7)12;/h11H,2-6H2,1H3;1H2. The molecule has 86 valence electrons. The molecule has 0 bridgehead atoms. The number of rotatable bonds is 3. The number of esters is 1. The van der Waals surface area contributed by atoms with Gasteiger partial charge in [0.25, 0.3) is 0 Å². The number of hydrogen-bond donors (Lipinski definition) is 1. The van der Waals surface area contributed by atoms with Gasteiger partial charge in [-0.25, -0.2) is 0 Å². The van der Waals surface area contributed by atoms with Crippen molar-refractivity contribution in [2.75, 3.05) is 6.61 Å². The fourth-order valence-electron chi connectivity index (χ4n) is 1.44. The number of ketones is 1. The SMILES string of the molecule is CCOC(=O)CC1=C(O)CCCC1=O.O. The number of aliphatic hydroxyl groups excluding tert-OH is 1. The molecule has 15 heavy (non-hydrogen) atoms. The van der Waals surface area contributed by atoms with Crippen molar-refractivity contribution in [3.05, 3.63) is 11.3 Å². The first-order valence-electron chi connectivity index (χ1n) is 4.75. The van der Waals surface area contributed by atoms with Crippen LogP contribution in [0.2, 0.25) is 0 Å². The predicted octanol–water partition coefficient (Wildman–Crippen LogP) is 0.680. The minimum atomic E-state index is -0.454. The van der Waals surface area contributed by atoms with E-state index in [-0.39, 0.29) is 29.0 Å². The third-order valence-electron chi connectivity index (χ3n) is 2.13. The molecule has 0 amide bonds. The molecule has 0 heterocycles. The number of carbonyl (C=O) groups is 2. The molecule has 1 aliphatic rings. The Labute approximate surface area is 88.0 Å². The van der Waals surface area contributed by atoms with Crippen molar-refractivity contribution < 1.29 is 24.9 Å². The lowest BCUT2D eigenvalue weighted by molar-refractivity contribution is -0.143. The van der Waals surface area contributed by atoms with Crippen LogP contribution in [0.4, 0.5) is 0 Å². The summed E-state index contributed by atoms with van der Waals surface area (Å²) in [4.78, 5) is 22.4. The van der Waals surface area contributed by atoms with Crippen molar-refractivity contribution in [1.29, 1.82) is 0 Å². The third kappa shape index (κ3) is 3.71. The van der Waals surface area contributed by atoms with E-state index in [1.165, 1.54) is 0 Å². The van der Waals surface area contributed by atoms with E-state index in [1.807, 2.05) is 0 Å². The minimum Gasteiger partial charge on any atom is -0.512 e. The number of aliphatic hydroxyl groups is 1. The second-order valence-corrected chi connectivity index (χ2v) is 3.18. The summed E-state index contributed by atoms with van der Waals surface area (Å²) >= 11 is 0. The average Bonchev–Trinajstić information content (AvgIpc) is 2.12. The van der Waals surface area contributed by atoms with Crippen LogP contribution < -0.4 is 0 Å². The zero-order valence-electron chi connectivity index (χ0n) is 8.71. The molecule has 0 spiro atoms. The van der Waals surface area contributed by atoms with Gasteiger partial charge in [-0.15, -0.1) is 0 Å². The van der Waals surface area contributed by atoms with Gasteiger partial charge in [0, 0.05) is 18.4 Å². The zero-order valence-corrected chi connectivity index (χ0v) is 8.71. The molecule has 5 heteroatoms. The van der Waals surface area contributed by atoms with Gasteiger partial charge in [0.05, 0.1) is 18.8 Å². The van der Waals surface area contributed by atoms with Gasteiger partial charge in [-0.2, -0.15) is 0 Å². The smallest absolute Gasteiger partial charge is 0.310 e. The van der Waals surface area contributed by atoms with Crippen molar-refractivity contribution in [2.45, 2.75) is 32.6 Å². The first kappa shape index (κ1) is 13.6. The van der Waals surface area contributed by atoms with Gasteiger partial charge < -0.3 is 15.3 Å². The monoisotopic (exact) mass is 216 g/mol. The molecule has 1 aliphatic carbocycles. The van der Waals surface area contributed by atoms with Crippen molar-refractivity contribution in [2.24, 2.45) is 0 Å². The fourth-order valence-corrected chi connectivity index (χ4v) is 1.44. The van der Waals surface area contributed by atoms with Crippen molar-refractivity contribution in [3.8, 4) is 0 Å². The molecule has 0 unspecified atom stereocenters. The van der Waals surface area contributed by atoms with Gasteiger partial charge >= 0.3 is 5.97 Å². The maximum absolute atomic E-state index is 11.3. The van der Waals surface area contributed by atoms with E-state index in [0.717, 1.165) is 0 Å². The summed E-state index contributed by atoms with van der Waals surface area (Å²) in [5.74, 6) is -0.541. The van der Waals surface area contributed by atoms with Gasteiger partial charge in [0.15, 0.2) is 5.78 Å². The molecule has 0 aromatic heterocycles. The summed E-state index contributed by atoms with van der Waals surface area (Å²) < 4.78 is 4.70. The number of carbonyl (C=O) groups excluding carboxylic acids is 2. The van der Waals surface area contributed by atoms with Crippen molar-refractivity contribution in [1.82, 2.24) is 0 Å². The van der Waals surface area contributed by atoms with Crippen LogP contribution in [0.1, 0.15) is 32.6 Å². The van der Waals surface area contributed by atoms with Gasteiger partial charge in [-0.3, -0.25) is 9.59 Å². The molecule has 0 aromatic rings. The summed E-state index contributed by atoms with van der Waals surface area (Å²) in [6.45, 7) is 2.00. The van der Waals surface area contributed by atoms with Crippen LogP contribution in [0.15, 0.2) is 11.3 Å². The van der Waals surface area contributed by atoms with Gasteiger partial charge in [0.2, 0.25) is 0 Å². The summed E-state index contributed by atoms with van der Waals surface area (Å²) in [7, 11) is 0. The highest BCUT2D eigenvalue weighted by Crippen LogP contribution is 2.22. The highest BCUT2D eigenvalue weighted by atomic mass is 16.5. The first-order valence-corrected chi connectivity index (χ1v) is 4.75. The van der Waals surface area contributed by atoms with Crippen LogP contribution in [-0.2, 0) is 14.3 Å². The second-order valence-electron chi connectivity index (χ2n) is 3.18. The number of Topliss-reactive ketones (excluding diaryl/α,β-unsaturated/α-hetero) is 1. The molecule has 0 saturated heterocycles. The first-order chi connectivity index (χ1) is 6.65. The summed E-state index contributed by atoms with van der Waals surface area (Å²) in [5.41, 5.74) is 0.231. The number of hydrogen-bond acceptors (Lipinski definition) is 4. The van der Waals surface area contributed by atoms with Gasteiger partial charge in [0.1, 0.15) is 0 Å². The summed E-state index contributed by atoms with van der Waals surface area (Å²) in [6, 6.07) is 0. The number of allylic oxidation sites excluding steroid dienone is 1. The Kier molecular flexibility index (Phi) is 5.62. The van der Waals surface area contributed by atoms with E-state index < -0.39 is 5.97 Å². The molecule has 0 radical (unpaired) electrons. The normalized spacial score (nSPS) is 15.9. The molecule has 0 aliphatic heterocycles. The highest BCUT2D eigenvalue weighted by molar-refractivity contribution is 6.00. The maximum atomic E-state index is 11.3. The van der Waals surface area contributed by atoms with E-state index in [9.17, 15) is 14.7 Å². The maximum Gasteiger partial charge on any atom is 0.310 e. The molecule has 3 N–H and O–H groups in total. The lowest BCUT2D eigenvalue weighted by atomic mass is 9.94. The Morgan fingerprint density at radius 1 is 1.47 bits per heavy atom. The van der Waals surface area contributed by atoms with E-state index in [4.69, 9.17) is 4.74 Å². The Balaban J connectivity index is 0.00000196. The molecule has 0 saturated carbocycles. The molecule has 0 aromatic carbocycles. The minimum absolute atomic E-state index is 0. The Bertz CT molecular complexity index is 280. The molecule has 0 fully saturated rings. The lowest BCUT2D eigenvalue weighted by Gasteiger charge is -2.14. The Hall–Kier alpha value is -1.36. The Morgan fingerprint density at radius 3 is 2.67 bits per heavy atom. The van der Waals surface area contributed by atoms with Crippen molar-refractivity contribution >= 4 is 11.8 Å². The van der Waals surface area contributed by atoms with Crippen molar-refractivity contribution in [3.63, 3.8) is 0 Å². The zero-order chi connectivity index (χ0) is 10.6. The van der Waals surface area contributed by atoms with Crippen LogP contribution in [0.5, 0.6) is 0 Å². The molecular formula is C10H16O5. The van der Waals surface area contributed by atoms with E-state index in [2.05, 4.69) is 0 Å². The van der Waals surface area contributed by atoms with Crippen LogP contribution in [0.3, 0.4) is 0 Å². The highest BCUT2D eigenvalue weighted by Gasteiger charge is 2.22. The van der Waals surface area contributed by atoms with Crippen LogP contribution >= 0.6 is 0 Å². The van der Waals surface area contributed by atoms with Gasteiger partial charge in [-0.05, 0) is 13.3 Å². The molecule has 5 nitrogen and oxygen atoms in total. The quantitative estimate of drug-likeness (QED) is 0.701. The van der Waals surface area contributed by atoms with E-state index in [1.54, 1.807) is 6.92 Å². The summed E-state index contributed by atoms with van der Waals surface area (Å²) in [5, 5.41) is 9.41. The molecular weight excluding hydrogens is 200 g/mol. The second kappa shape index (κ2) is 6.19. The fraction of sp³-hybridized carbons (Fsp3) is 0.600. The Morgan fingerprint density at radius 2 is 2.13 bits per heavy atom. The molecule has 0 atom stereocenters.